The Morgan fingerprint density at radius 3 is 2.79 bits per heavy atom. The van der Waals surface area contributed by atoms with Gasteiger partial charge in [0, 0.05) is 30.5 Å². The molecule has 0 bridgehead atoms. The number of hydrogen-bond acceptors (Lipinski definition) is 12. The Hall–Kier alpha value is -5.36. The van der Waals surface area contributed by atoms with Crippen LogP contribution in [-0.2, 0) is 0 Å². The monoisotopic (exact) mass is 802 g/mol. The van der Waals surface area contributed by atoms with Gasteiger partial charge in [0.05, 0.1) is 50.5 Å². The van der Waals surface area contributed by atoms with Crippen LogP contribution in [-0.4, -0.2) is 98.0 Å². The number of amides is 1. The van der Waals surface area contributed by atoms with Crippen LogP contribution in [0.4, 0.5) is 28.8 Å². The number of nitrogens with two attached hydrogens (primary N) is 1. The van der Waals surface area contributed by atoms with Crippen molar-refractivity contribution in [3.05, 3.63) is 52.6 Å². The number of fused-ring (bicyclic) bond motifs is 2. The Balaban J connectivity index is 1.21. The summed E-state index contributed by atoms with van der Waals surface area (Å²) in [6, 6.07) is 4.83. The summed E-state index contributed by atoms with van der Waals surface area (Å²) >= 11 is 8.02. The van der Waals surface area contributed by atoms with Crippen LogP contribution in [0.15, 0.2) is 24.7 Å². The van der Waals surface area contributed by atoms with E-state index in [1.54, 1.807) is 4.90 Å². The molecule has 5 aromatic rings. The Labute approximate surface area is 327 Å². The normalized spacial score (nSPS) is 24.6. The molecule has 13 nitrogen and oxygen atoms in total. The molecule has 3 fully saturated rings. The Morgan fingerprint density at radius 1 is 1.20 bits per heavy atom. The number of nitrogen functional groups attached to an aromatic ring is 1. The first-order chi connectivity index (χ1) is 26.9. The molecule has 0 saturated carbocycles. The van der Waals surface area contributed by atoms with Crippen molar-refractivity contribution in [3.8, 4) is 35.0 Å². The minimum Gasteiger partial charge on any atom is -0.489 e. The molecule has 3 saturated heterocycles. The number of halogens is 4. The molecule has 5 atom stereocenters. The summed E-state index contributed by atoms with van der Waals surface area (Å²) < 4.78 is 61.5. The highest BCUT2D eigenvalue weighted by atomic mass is 35.5. The summed E-state index contributed by atoms with van der Waals surface area (Å²) in [7, 11) is 0. The highest BCUT2D eigenvalue weighted by Gasteiger charge is 2.50. The van der Waals surface area contributed by atoms with Crippen LogP contribution in [0.25, 0.3) is 32.1 Å². The number of ether oxygens (including phenoxy) is 2. The van der Waals surface area contributed by atoms with Gasteiger partial charge in [0.25, 0.3) is 0 Å². The summed E-state index contributed by atoms with van der Waals surface area (Å²) in [4.78, 5) is 33.0. The van der Waals surface area contributed by atoms with E-state index in [4.69, 9.17) is 31.8 Å². The number of anilines is 2. The van der Waals surface area contributed by atoms with Crippen LogP contribution in [0.2, 0.25) is 5.02 Å². The number of rotatable bonds is 5. The molecule has 288 valence electrons. The largest absolute Gasteiger partial charge is 0.489 e. The molecule has 2 N–H and O–H groups in total. The highest BCUT2D eigenvalue weighted by molar-refractivity contribution is 7.23. The zero-order valence-electron chi connectivity index (χ0n) is 30.2. The number of nitrogens with zero attached hydrogens (tertiary/aromatic N) is 9. The van der Waals surface area contributed by atoms with Gasteiger partial charge in [-0.25, -0.2) is 22.9 Å². The first-order valence-electron chi connectivity index (χ1n) is 18.3. The van der Waals surface area contributed by atoms with Gasteiger partial charge in [-0.3, -0.25) is 9.47 Å². The minimum atomic E-state index is -1.00. The van der Waals surface area contributed by atoms with E-state index in [-0.39, 0.29) is 96.3 Å². The van der Waals surface area contributed by atoms with Gasteiger partial charge in [0.2, 0.25) is 0 Å². The summed E-state index contributed by atoms with van der Waals surface area (Å²) in [5.74, 6) is -1.14. The van der Waals surface area contributed by atoms with Crippen LogP contribution in [0.1, 0.15) is 50.8 Å². The number of imidazole rings is 1. The van der Waals surface area contributed by atoms with Crippen molar-refractivity contribution in [2.45, 2.75) is 69.4 Å². The zero-order valence-corrected chi connectivity index (χ0v) is 31.8. The predicted octanol–water partition coefficient (Wildman–Crippen LogP) is 6.64. The summed E-state index contributed by atoms with van der Waals surface area (Å²) in [6.45, 7) is 5.39. The Morgan fingerprint density at radius 2 is 2.02 bits per heavy atom. The van der Waals surface area contributed by atoms with E-state index in [1.807, 2.05) is 30.9 Å². The van der Waals surface area contributed by atoms with Gasteiger partial charge >= 0.3 is 12.0 Å². The molecule has 1 amide bonds. The number of carbonyl (C=O) groups is 1. The molecule has 3 aromatic heterocycles. The van der Waals surface area contributed by atoms with E-state index in [2.05, 4.69) is 14.9 Å². The van der Waals surface area contributed by atoms with Gasteiger partial charge in [-0.1, -0.05) is 17.7 Å². The molecule has 7 heterocycles. The van der Waals surface area contributed by atoms with E-state index >= 15 is 8.78 Å². The maximum absolute atomic E-state index is 17.5. The van der Waals surface area contributed by atoms with Crippen molar-refractivity contribution in [1.82, 2.24) is 29.3 Å². The molecule has 4 aliphatic rings. The molecular formula is C38H34ClF3N10O3S. The third-order valence-corrected chi connectivity index (χ3v) is 13.2. The molecule has 0 unspecified atom stereocenters. The predicted molar refractivity (Wildman–Crippen MR) is 203 cm³/mol. The lowest BCUT2D eigenvalue weighted by molar-refractivity contribution is 0.107. The molecule has 4 aliphatic heterocycles. The molecule has 9 rings (SSSR count). The second-order valence-corrected chi connectivity index (χ2v) is 16.3. The van der Waals surface area contributed by atoms with Gasteiger partial charge in [-0.05, 0) is 51.3 Å². The fourth-order valence-corrected chi connectivity index (χ4v) is 10.5. The topological polar surface area (TPSA) is 162 Å². The van der Waals surface area contributed by atoms with Crippen LogP contribution in [0.3, 0.4) is 0 Å². The lowest BCUT2D eigenvalue weighted by atomic mass is 9.95. The van der Waals surface area contributed by atoms with Crippen molar-refractivity contribution in [2.24, 2.45) is 0 Å². The van der Waals surface area contributed by atoms with E-state index in [1.165, 1.54) is 29.2 Å². The molecular weight excluding hydrogens is 769 g/mol. The number of hydrogen-bond donors (Lipinski definition) is 1. The SMILES string of the molecule is C[C@@H]1[C@H](N2c3nc(OC[C@@]45CCCN4C[C@H](F)C5)nc4c(F)c(-c5ccc(F)c6sc(N)c(C#N)c56)c(Cl)c(c34)OC[C@@H]2C)CCN1C(=O)n1cnc(C#N)c1. The first kappa shape index (κ1) is 36.3. The number of thiophene rings is 1. The second-order valence-electron chi connectivity index (χ2n) is 14.9. The standard InChI is InChI=1S/C38H34ClF3N10O3S/c1-18-15-54-32-28-31(30(42)27(29(32)39)22-4-5-24(41)33-26(22)23(12-44)34(45)56-33)47-36(55-16-38-7-3-8-50(38)13-20(40)10-38)48-35(28)52(18)25-6-9-51(19(25)2)37(53)49-14-21(11-43)46-17-49/h4-5,14,17-20,25H,3,6-10,13,15-16,45H2,1-2H3/t18-,19+,20+,25+,38-/m0/s1. The summed E-state index contributed by atoms with van der Waals surface area (Å²) in [5.41, 5.74) is 5.47. The first-order valence-corrected chi connectivity index (χ1v) is 19.5. The summed E-state index contributed by atoms with van der Waals surface area (Å²) in [5, 5.41) is 19.5. The maximum atomic E-state index is 17.5. The van der Waals surface area contributed by atoms with Crippen molar-refractivity contribution in [3.63, 3.8) is 0 Å². The van der Waals surface area contributed by atoms with Gasteiger partial charge in [-0.2, -0.15) is 20.5 Å². The smallest absolute Gasteiger partial charge is 0.329 e. The average Bonchev–Trinajstić information content (AvgIpc) is 4.00. The average molecular weight is 803 g/mol. The minimum absolute atomic E-state index is 0.00832. The van der Waals surface area contributed by atoms with Crippen molar-refractivity contribution < 1.29 is 27.4 Å². The van der Waals surface area contributed by atoms with Gasteiger partial charge in [-0.15, -0.1) is 11.3 Å². The molecule has 0 radical (unpaired) electrons. The molecule has 0 spiro atoms. The number of carbonyl (C=O) groups excluding carboxylic acids is 1. The van der Waals surface area contributed by atoms with Gasteiger partial charge < -0.3 is 25.0 Å². The van der Waals surface area contributed by atoms with Crippen LogP contribution in [0, 0.1) is 34.3 Å². The van der Waals surface area contributed by atoms with E-state index in [9.17, 15) is 19.7 Å². The number of aromatic nitrogens is 4. The molecule has 18 heteroatoms. The second kappa shape index (κ2) is 13.4. The number of benzene rings is 2. The van der Waals surface area contributed by atoms with E-state index in [0.717, 1.165) is 30.7 Å². The maximum Gasteiger partial charge on any atom is 0.329 e. The Bertz CT molecular complexity index is 2550. The molecule has 0 aliphatic carbocycles. The van der Waals surface area contributed by atoms with Crippen molar-refractivity contribution in [1.29, 1.82) is 10.5 Å². The van der Waals surface area contributed by atoms with Gasteiger partial charge in [0.15, 0.2) is 17.3 Å². The quantitative estimate of drug-likeness (QED) is 0.203. The summed E-state index contributed by atoms with van der Waals surface area (Å²) in [6.07, 6.45) is 4.09. The van der Waals surface area contributed by atoms with Crippen molar-refractivity contribution >= 4 is 60.8 Å². The number of nitriles is 2. The van der Waals surface area contributed by atoms with E-state index < -0.39 is 35.4 Å². The fraction of sp³-hybridized carbons (Fsp3) is 0.421. The van der Waals surface area contributed by atoms with Crippen LogP contribution in [0.5, 0.6) is 11.8 Å². The van der Waals surface area contributed by atoms with Gasteiger partial charge in [0.1, 0.15) is 60.0 Å². The van der Waals surface area contributed by atoms with Crippen LogP contribution < -0.4 is 20.1 Å². The molecule has 56 heavy (non-hydrogen) atoms. The lowest BCUT2D eigenvalue weighted by Crippen LogP contribution is -2.51. The number of alkyl halides is 1. The Kier molecular flexibility index (Phi) is 8.68. The van der Waals surface area contributed by atoms with Crippen LogP contribution >= 0.6 is 22.9 Å². The number of likely N-dealkylation sites (tertiary alicyclic amines) is 1. The third-order valence-electron chi connectivity index (χ3n) is 11.8. The van der Waals surface area contributed by atoms with Crippen molar-refractivity contribution in [2.75, 3.05) is 43.5 Å². The third kappa shape index (κ3) is 5.43. The lowest BCUT2D eigenvalue weighted by Gasteiger charge is -2.37. The molecule has 2 aromatic carbocycles. The van der Waals surface area contributed by atoms with E-state index in [0.29, 0.717) is 25.9 Å². The zero-order chi connectivity index (χ0) is 39.2. The highest BCUT2D eigenvalue weighted by Crippen LogP contribution is 2.52. The fourth-order valence-electron chi connectivity index (χ4n) is 9.19.